The Balaban J connectivity index is 1.64. The lowest BCUT2D eigenvalue weighted by atomic mass is 9.97. The molecule has 2 unspecified atom stereocenters. The number of aliphatic carboxylic acids is 1. The van der Waals surface area contributed by atoms with Crippen molar-refractivity contribution in [2.45, 2.75) is 68.2 Å². The minimum absolute atomic E-state index is 0.721. The number of nitrogens with zero attached hydrogens (tertiary/aromatic N) is 1. The summed E-state index contributed by atoms with van der Waals surface area (Å²) in [5.74, 6) is -1.45. The number of nitrogens with one attached hydrogen (secondary N) is 1. The van der Waals surface area contributed by atoms with Crippen LogP contribution in [0.4, 0.5) is 0 Å². The average Bonchev–Trinajstić information content (AvgIpc) is 3.14. The number of nitrogens with two attached hydrogens (primary N) is 1. The van der Waals surface area contributed by atoms with Crippen LogP contribution in [0.1, 0.15) is 13.2 Å². The van der Waals surface area contributed by atoms with Crippen LogP contribution in [-0.4, -0.2) is 119 Å². The van der Waals surface area contributed by atoms with E-state index in [2.05, 4.69) is 13.4 Å². The van der Waals surface area contributed by atoms with Gasteiger partial charge in [-0.2, -0.15) is 4.31 Å². The minimum atomic E-state index is -5.63. The van der Waals surface area contributed by atoms with Gasteiger partial charge in [-0.05, 0) is 6.92 Å². The lowest BCUT2D eigenvalue weighted by Crippen LogP contribution is -2.64. The van der Waals surface area contributed by atoms with Crippen LogP contribution in [0.15, 0.2) is 21.9 Å². The number of aromatic amines is 1. The Hall–Kier alpha value is -1.91. The first-order valence-electron chi connectivity index (χ1n) is 11.6. The van der Waals surface area contributed by atoms with Crippen molar-refractivity contribution in [2.75, 3.05) is 13.2 Å². The van der Waals surface area contributed by atoms with Gasteiger partial charge in [0.2, 0.25) is 0 Å². The second-order valence-electron chi connectivity index (χ2n) is 8.86. The number of hydrogen-bond donors (Lipinski definition) is 9. The van der Waals surface area contributed by atoms with Crippen LogP contribution in [0.25, 0.3) is 0 Å². The molecule has 2 fully saturated rings. The molecule has 0 aliphatic carbocycles. The number of H-pyrrole nitrogens is 1. The van der Waals surface area contributed by atoms with E-state index in [4.69, 9.17) is 25.1 Å². The Kier molecular flexibility index (Phi) is 10.8. The van der Waals surface area contributed by atoms with E-state index in [1.54, 1.807) is 0 Å². The summed E-state index contributed by atoms with van der Waals surface area (Å²) in [6.45, 7) is -0.859. The van der Waals surface area contributed by atoms with E-state index in [0.717, 1.165) is 23.8 Å². The third kappa shape index (κ3) is 8.14. The monoisotopic (exact) mass is 637 g/mol. The Morgan fingerprint density at radius 3 is 2.37 bits per heavy atom. The highest BCUT2D eigenvalue weighted by atomic mass is 31.3. The average molecular weight is 637 g/mol. The summed E-state index contributed by atoms with van der Waals surface area (Å²) in [5, 5.41) is 49.2. The SMILES string of the molecule is C[C@@H](O[C@@H]1[C@@H](N)[C@@H](OP(=O)(O)OP(=O)(O)OC[C@H]2O[C@@H](n3ccc(=O)[nH]c3=O)[C@H](O)[C@@H]2O)O[C@H](CO)[C@H]1O)C(=O)O. The van der Waals surface area contributed by atoms with Gasteiger partial charge in [-0.1, -0.05) is 0 Å². The molecule has 41 heavy (non-hydrogen) atoms. The maximum Gasteiger partial charge on any atom is 0.483 e. The number of phosphoric ester groups is 2. The van der Waals surface area contributed by atoms with Crippen molar-refractivity contribution in [3.8, 4) is 0 Å². The summed E-state index contributed by atoms with van der Waals surface area (Å²) in [7, 11) is -11.2. The molecule has 0 radical (unpaired) electrons. The van der Waals surface area contributed by atoms with Crippen LogP contribution in [0.3, 0.4) is 0 Å². The standard InChI is InChI=1S/C18H29N3O18P2/c1-6(16(27)28)35-14-10(19)17(37-7(4-22)12(14)25)38-41(32,33)39-40(30,31)34-5-8-11(24)13(26)15(36-8)21-3-2-9(23)20-18(21)29/h2-3,6-8,10-15,17,22,24-26H,4-5,19H2,1H3,(H,27,28)(H,30,31)(H,32,33)(H,20,23,29)/t6-,7-,8-,10-,11-,12-,13-,14-,15-,17-/m1/s1. The zero-order valence-electron chi connectivity index (χ0n) is 20.9. The third-order valence-electron chi connectivity index (χ3n) is 5.92. The molecule has 21 nitrogen and oxygen atoms in total. The zero-order chi connectivity index (χ0) is 30.9. The molecule has 23 heteroatoms. The van der Waals surface area contributed by atoms with Crippen molar-refractivity contribution in [1.82, 2.24) is 9.55 Å². The van der Waals surface area contributed by atoms with E-state index in [-0.39, 0.29) is 0 Å². The molecule has 10 N–H and O–H groups in total. The Labute approximate surface area is 228 Å². The number of carboxylic acids is 1. The van der Waals surface area contributed by atoms with Crippen LogP contribution >= 0.6 is 15.6 Å². The maximum absolute atomic E-state index is 12.5. The van der Waals surface area contributed by atoms with Crippen molar-refractivity contribution in [3.05, 3.63) is 33.1 Å². The van der Waals surface area contributed by atoms with Gasteiger partial charge in [0.15, 0.2) is 18.6 Å². The van der Waals surface area contributed by atoms with E-state index in [0.29, 0.717) is 0 Å². The summed E-state index contributed by atoms with van der Waals surface area (Å²) in [6.07, 6.45) is -14.3. The fourth-order valence-electron chi connectivity index (χ4n) is 3.85. The number of aliphatic hydroxyl groups excluding tert-OH is 4. The molecular weight excluding hydrogens is 608 g/mol. The molecule has 3 rings (SSSR count). The number of phosphoric acid groups is 2. The van der Waals surface area contributed by atoms with E-state index in [9.17, 15) is 53.7 Å². The lowest BCUT2D eigenvalue weighted by Gasteiger charge is -2.42. The summed E-state index contributed by atoms with van der Waals surface area (Å²) in [6, 6.07) is -0.760. The normalized spacial score (nSPS) is 35.9. The van der Waals surface area contributed by atoms with E-state index in [1.165, 1.54) is 0 Å². The Morgan fingerprint density at radius 1 is 1.12 bits per heavy atom. The van der Waals surface area contributed by atoms with Gasteiger partial charge < -0.3 is 55.3 Å². The number of ether oxygens (including phenoxy) is 3. The molecule has 3 heterocycles. The first-order chi connectivity index (χ1) is 19.0. The minimum Gasteiger partial charge on any atom is -0.479 e. The Bertz CT molecular complexity index is 1290. The van der Waals surface area contributed by atoms with Gasteiger partial charge in [0, 0.05) is 12.3 Å². The fraction of sp³-hybridized carbons (Fsp3) is 0.722. The van der Waals surface area contributed by atoms with Crippen LogP contribution < -0.4 is 17.0 Å². The number of carbonyl (C=O) groups is 1. The predicted molar refractivity (Wildman–Crippen MR) is 127 cm³/mol. The van der Waals surface area contributed by atoms with Crippen LogP contribution in [0.5, 0.6) is 0 Å². The molecular formula is C18H29N3O18P2. The van der Waals surface area contributed by atoms with Crippen molar-refractivity contribution in [3.63, 3.8) is 0 Å². The number of hydrogen-bond acceptors (Lipinski definition) is 16. The van der Waals surface area contributed by atoms with Gasteiger partial charge in [-0.3, -0.25) is 23.4 Å². The highest BCUT2D eigenvalue weighted by Gasteiger charge is 2.50. The second-order valence-corrected chi connectivity index (χ2v) is 11.9. The number of aromatic nitrogens is 2. The van der Waals surface area contributed by atoms with Crippen molar-refractivity contribution in [1.29, 1.82) is 0 Å². The van der Waals surface area contributed by atoms with Gasteiger partial charge in [0.25, 0.3) is 5.56 Å². The molecule has 2 aliphatic heterocycles. The molecule has 12 atom stereocenters. The van der Waals surface area contributed by atoms with Crippen LogP contribution in [0, 0.1) is 0 Å². The quantitative estimate of drug-likeness (QED) is 0.0978. The molecule has 1 aromatic heterocycles. The summed E-state index contributed by atoms with van der Waals surface area (Å²) in [5.41, 5.74) is 4.07. The zero-order valence-corrected chi connectivity index (χ0v) is 22.7. The van der Waals surface area contributed by atoms with Crippen molar-refractivity contribution in [2.24, 2.45) is 5.73 Å². The largest absolute Gasteiger partial charge is 0.483 e. The fourth-order valence-corrected chi connectivity index (χ4v) is 6.02. The van der Waals surface area contributed by atoms with Gasteiger partial charge >= 0.3 is 27.3 Å². The maximum atomic E-state index is 12.5. The van der Waals surface area contributed by atoms with Crippen LogP contribution in [-0.2, 0) is 41.5 Å². The molecule has 0 bridgehead atoms. The molecule has 234 valence electrons. The highest BCUT2D eigenvalue weighted by Crippen LogP contribution is 2.61. The summed E-state index contributed by atoms with van der Waals surface area (Å²) < 4.78 is 54.5. The number of aliphatic hydroxyl groups is 4. The molecule has 0 spiro atoms. The van der Waals surface area contributed by atoms with E-state index >= 15 is 0 Å². The molecule has 1 aromatic rings. The smallest absolute Gasteiger partial charge is 0.479 e. The summed E-state index contributed by atoms with van der Waals surface area (Å²) in [4.78, 5) is 56.2. The second kappa shape index (κ2) is 13.2. The third-order valence-corrected chi connectivity index (χ3v) is 8.52. The Morgan fingerprint density at radius 2 is 1.78 bits per heavy atom. The lowest BCUT2D eigenvalue weighted by molar-refractivity contribution is -0.257. The summed E-state index contributed by atoms with van der Waals surface area (Å²) >= 11 is 0. The van der Waals surface area contributed by atoms with Gasteiger partial charge in [0.1, 0.15) is 36.6 Å². The first-order valence-corrected chi connectivity index (χ1v) is 14.6. The van der Waals surface area contributed by atoms with Crippen molar-refractivity contribution >= 4 is 21.6 Å². The van der Waals surface area contributed by atoms with E-state index < -0.39 is 107 Å². The molecule has 0 saturated carbocycles. The molecule has 0 aromatic carbocycles. The van der Waals surface area contributed by atoms with Gasteiger partial charge in [-0.15, -0.1) is 0 Å². The molecule has 2 saturated heterocycles. The topological polar surface area (TPSA) is 329 Å². The number of rotatable bonds is 12. The predicted octanol–water partition coefficient (Wildman–Crippen LogP) is -4.33. The van der Waals surface area contributed by atoms with E-state index in [1.807, 2.05) is 4.98 Å². The first kappa shape index (κ1) is 33.6. The van der Waals surface area contributed by atoms with Crippen molar-refractivity contribution < 1.29 is 76.8 Å². The molecule has 2 aliphatic rings. The highest BCUT2D eigenvalue weighted by molar-refractivity contribution is 7.61. The van der Waals surface area contributed by atoms with Gasteiger partial charge in [0.05, 0.1) is 19.3 Å². The number of carboxylic acid groups (broad SMARTS) is 1. The van der Waals surface area contributed by atoms with Crippen LogP contribution in [0.2, 0.25) is 0 Å². The van der Waals surface area contributed by atoms with Gasteiger partial charge in [-0.25, -0.2) is 18.7 Å². The molecule has 0 amide bonds.